The van der Waals surface area contributed by atoms with E-state index in [1.54, 1.807) is 19.1 Å². The number of rotatable bonds is 1. The lowest BCUT2D eigenvalue weighted by Crippen LogP contribution is -2.03. The van der Waals surface area contributed by atoms with Crippen LogP contribution in [0.2, 0.25) is 0 Å². The molecule has 0 saturated carbocycles. The molecule has 0 radical (unpaired) electrons. The Labute approximate surface area is 123 Å². The van der Waals surface area contributed by atoms with Gasteiger partial charge in [0.25, 0.3) is 0 Å². The fraction of sp³-hybridized carbons (Fsp3) is 0.118. The van der Waals surface area contributed by atoms with Crippen molar-refractivity contribution in [3.63, 3.8) is 0 Å². The van der Waals surface area contributed by atoms with Gasteiger partial charge < -0.3 is 15.8 Å². The monoisotopic (exact) mass is 282 g/mol. The van der Waals surface area contributed by atoms with Crippen LogP contribution in [0.5, 0.6) is 0 Å². The number of aromatic nitrogens is 1. The number of aryl methyl sites for hydroxylation is 2. The molecule has 108 valence electrons. The molecule has 1 aromatic heterocycles. The molecule has 0 aliphatic carbocycles. The van der Waals surface area contributed by atoms with Crippen LogP contribution in [-0.4, -0.2) is 16.1 Å². The number of fused-ring (bicyclic) bond motifs is 1. The second-order valence-corrected chi connectivity index (χ2v) is 4.86. The summed E-state index contributed by atoms with van der Waals surface area (Å²) in [6.07, 6.45) is 1.97. The van der Waals surface area contributed by atoms with E-state index in [1.807, 2.05) is 6.20 Å². The molecule has 21 heavy (non-hydrogen) atoms. The van der Waals surface area contributed by atoms with Gasteiger partial charge in [0.2, 0.25) is 0 Å². The number of nitrogens with two attached hydrogens (primary N) is 1. The van der Waals surface area contributed by atoms with Gasteiger partial charge >= 0.3 is 5.97 Å². The quantitative estimate of drug-likeness (QED) is 0.595. The molecule has 3 rings (SSSR count). The molecular formula is C17H18N2O2. The molecule has 0 bridgehead atoms. The molecule has 4 nitrogen and oxygen atoms in total. The Balaban J connectivity index is 0.000000154. The normalized spacial score (nSPS) is 10.0. The summed E-state index contributed by atoms with van der Waals surface area (Å²) in [7, 11) is 0. The summed E-state index contributed by atoms with van der Waals surface area (Å²) >= 11 is 0. The van der Waals surface area contributed by atoms with Crippen LogP contribution in [-0.2, 0) is 0 Å². The highest BCUT2D eigenvalue weighted by Gasteiger charge is 2.07. The van der Waals surface area contributed by atoms with Crippen LogP contribution in [0, 0.1) is 13.8 Å². The molecule has 0 fully saturated rings. The average Bonchev–Trinajstić information content (AvgIpc) is 2.92. The van der Waals surface area contributed by atoms with Crippen LogP contribution in [0.3, 0.4) is 0 Å². The van der Waals surface area contributed by atoms with E-state index in [4.69, 9.17) is 10.8 Å². The molecule has 0 aliphatic rings. The maximum atomic E-state index is 10.5. The Kier molecular flexibility index (Phi) is 4.28. The van der Waals surface area contributed by atoms with Crippen LogP contribution < -0.4 is 5.73 Å². The SMILES string of the molecule is Cc1cccc(C(=O)O)c1N.Cc1cccc2cc[nH]c12. The van der Waals surface area contributed by atoms with Crippen LogP contribution in [0.4, 0.5) is 5.69 Å². The number of benzene rings is 2. The van der Waals surface area contributed by atoms with Crippen LogP contribution in [0.25, 0.3) is 10.9 Å². The molecule has 0 aliphatic heterocycles. The lowest BCUT2D eigenvalue weighted by Gasteiger charge is -2.02. The van der Waals surface area contributed by atoms with Gasteiger partial charge in [0, 0.05) is 17.4 Å². The molecule has 0 atom stereocenters. The largest absolute Gasteiger partial charge is 0.478 e. The Morgan fingerprint density at radius 1 is 1.05 bits per heavy atom. The molecule has 0 amide bonds. The third-order valence-electron chi connectivity index (χ3n) is 3.35. The van der Waals surface area contributed by atoms with E-state index < -0.39 is 5.97 Å². The minimum Gasteiger partial charge on any atom is -0.478 e. The summed E-state index contributed by atoms with van der Waals surface area (Å²) in [5.41, 5.74) is 9.38. The van der Waals surface area contributed by atoms with Crippen molar-refractivity contribution in [1.82, 2.24) is 4.98 Å². The first-order chi connectivity index (χ1) is 10.0. The van der Waals surface area contributed by atoms with Gasteiger partial charge in [-0.3, -0.25) is 0 Å². The molecule has 0 spiro atoms. The van der Waals surface area contributed by atoms with Gasteiger partial charge in [0.05, 0.1) is 5.56 Å². The third kappa shape index (κ3) is 3.23. The molecule has 0 saturated heterocycles. The summed E-state index contributed by atoms with van der Waals surface area (Å²) in [4.78, 5) is 13.7. The maximum Gasteiger partial charge on any atom is 0.337 e. The van der Waals surface area contributed by atoms with E-state index in [2.05, 4.69) is 36.2 Å². The van der Waals surface area contributed by atoms with E-state index in [9.17, 15) is 4.79 Å². The van der Waals surface area contributed by atoms with E-state index in [0.717, 1.165) is 5.56 Å². The van der Waals surface area contributed by atoms with E-state index in [1.165, 1.54) is 22.5 Å². The van der Waals surface area contributed by atoms with E-state index >= 15 is 0 Å². The summed E-state index contributed by atoms with van der Waals surface area (Å²) in [6, 6.07) is 13.3. The Morgan fingerprint density at radius 2 is 1.71 bits per heavy atom. The molecule has 4 heteroatoms. The lowest BCUT2D eigenvalue weighted by molar-refractivity contribution is 0.0698. The first-order valence-corrected chi connectivity index (χ1v) is 6.62. The summed E-state index contributed by atoms with van der Waals surface area (Å²) in [5, 5.41) is 9.90. The second-order valence-electron chi connectivity index (χ2n) is 4.86. The smallest absolute Gasteiger partial charge is 0.337 e. The van der Waals surface area contributed by atoms with Crippen LogP contribution >= 0.6 is 0 Å². The topological polar surface area (TPSA) is 79.1 Å². The van der Waals surface area contributed by atoms with Crippen molar-refractivity contribution in [3.05, 3.63) is 65.4 Å². The van der Waals surface area contributed by atoms with Crippen molar-refractivity contribution in [2.75, 3.05) is 5.73 Å². The zero-order valence-corrected chi connectivity index (χ0v) is 12.1. The number of para-hydroxylation sites is 2. The highest BCUT2D eigenvalue weighted by Crippen LogP contribution is 2.16. The van der Waals surface area contributed by atoms with Gasteiger partial charge in [-0.25, -0.2) is 4.79 Å². The Morgan fingerprint density at radius 3 is 2.33 bits per heavy atom. The van der Waals surface area contributed by atoms with Crippen LogP contribution in [0.1, 0.15) is 21.5 Å². The number of H-pyrrole nitrogens is 1. The number of anilines is 1. The number of nitrogens with one attached hydrogen (secondary N) is 1. The van der Waals surface area contributed by atoms with Crippen molar-refractivity contribution >= 4 is 22.6 Å². The number of carbonyl (C=O) groups is 1. The lowest BCUT2D eigenvalue weighted by atomic mass is 10.1. The zero-order chi connectivity index (χ0) is 15.4. The number of carboxylic acids is 1. The van der Waals surface area contributed by atoms with Crippen molar-refractivity contribution in [2.24, 2.45) is 0 Å². The highest BCUT2D eigenvalue weighted by atomic mass is 16.4. The molecule has 4 N–H and O–H groups in total. The highest BCUT2D eigenvalue weighted by molar-refractivity contribution is 5.94. The van der Waals surface area contributed by atoms with Gasteiger partial charge in [0.15, 0.2) is 0 Å². The van der Waals surface area contributed by atoms with E-state index in [0.29, 0.717) is 5.69 Å². The average molecular weight is 282 g/mol. The maximum absolute atomic E-state index is 10.5. The second kappa shape index (κ2) is 6.13. The van der Waals surface area contributed by atoms with E-state index in [-0.39, 0.29) is 5.56 Å². The number of nitrogen functional groups attached to an aromatic ring is 1. The molecule has 0 unspecified atom stereocenters. The van der Waals surface area contributed by atoms with Gasteiger partial charge in [-0.2, -0.15) is 0 Å². The number of aromatic amines is 1. The molecule has 1 heterocycles. The molecular weight excluding hydrogens is 264 g/mol. The van der Waals surface area contributed by atoms with Gasteiger partial charge in [0.1, 0.15) is 0 Å². The van der Waals surface area contributed by atoms with Gasteiger partial charge in [-0.05, 0) is 42.5 Å². The number of hydrogen-bond acceptors (Lipinski definition) is 2. The summed E-state index contributed by atoms with van der Waals surface area (Å²) < 4.78 is 0. The van der Waals surface area contributed by atoms with Gasteiger partial charge in [-0.1, -0.05) is 30.3 Å². The number of hydrogen-bond donors (Lipinski definition) is 3. The Hall–Kier alpha value is -2.75. The van der Waals surface area contributed by atoms with Crippen molar-refractivity contribution < 1.29 is 9.90 Å². The first-order valence-electron chi connectivity index (χ1n) is 6.62. The fourth-order valence-corrected chi connectivity index (χ4v) is 2.11. The Bertz CT molecular complexity index is 775. The number of carboxylic acid groups (broad SMARTS) is 1. The fourth-order valence-electron chi connectivity index (χ4n) is 2.11. The van der Waals surface area contributed by atoms with Crippen molar-refractivity contribution in [3.8, 4) is 0 Å². The van der Waals surface area contributed by atoms with Gasteiger partial charge in [-0.15, -0.1) is 0 Å². The minimum atomic E-state index is -0.980. The molecule has 2 aromatic carbocycles. The predicted octanol–water partition coefficient (Wildman–Crippen LogP) is 3.75. The standard InChI is InChI=1S/C9H9N.C8H9NO2/c1-7-3-2-4-8-5-6-10-9(7)8;1-5-3-2-4-6(7(5)9)8(10)11/h2-6,10H,1H3;2-4H,9H2,1H3,(H,10,11). The third-order valence-corrected chi connectivity index (χ3v) is 3.35. The van der Waals surface area contributed by atoms with Crippen LogP contribution in [0.15, 0.2) is 48.7 Å². The molecule has 3 aromatic rings. The number of aromatic carboxylic acids is 1. The summed E-state index contributed by atoms with van der Waals surface area (Å²) in [5.74, 6) is -0.980. The van der Waals surface area contributed by atoms with Crippen molar-refractivity contribution in [1.29, 1.82) is 0 Å². The first kappa shape index (κ1) is 14.7. The van der Waals surface area contributed by atoms with Crippen molar-refractivity contribution in [2.45, 2.75) is 13.8 Å². The minimum absolute atomic E-state index is 0.171. The predicted molar refractivity (Wildman–Crippen MR) is 85.6 cm³/mol. The zero-order valence-electron chi connectivity index (χ0n) is 12.1. The summed E-state index contributed by atoms with van der Waals surface area (Å²) in [6.45, 7) is 3.89.